The number of anilines is 1. The molecular weight excluding hydrogens is 314 g/mol. The second-order valence-corrected chi connectivity index (χ2v) is 5.48. The number of halogens is 1. The van der Waals surface area contributed by atoms with Gasteiger partial charge >= 0.3 is 0 Å². The van der Waals surface area contributed by atoms with Crippen molar-refractivity contribution in [2.45, 2.75) is 13.0 Å². The molecule has 23 heavy (non-hydrogen) atoms. The normalized spacial score (nSPS) is 10.7. The molecule has 0 radical (unpaired) electrons. The number of hydrogen-bond acceptors (Lipinski definition) is 3. The van der Waals surface area contributed by atoms with Crippen LogP contribution in [0.1, 0.15) is 6.42 Å². The van der Waals surface area contributed by atoms with E-state index in [1.165, 1.54) is 0 Å². The first-order valence-corrected chi connectivity index (χ1v) is 7.58. The average Bonchev–Trinajstić information content (AvgIpc) is 2.96. The second kappa shape index (κ2) is 6.71. The molecule has 6 heteroatoms. The molecule has 1 aromatic heterocycles. The van der Waals surface area contributed by atoms with E-state index < -0.39 is 0 Å². The van der Waals surface area contributed by atoms with E-state index in [-0.39, 0.29) is 5.91 Å². The number of carbonyl (C=O) groups is 1. The number of ether oxygens (including phenoxy) is 1. The van der Waals surface area contributed by atoms with Gasteiger partial charge in [0.2, 0.25) is 5.91 Å². The largest absolute Gasteiger partial charge is 0.495 e. The van der Waals surface area contributed by atoms with Gasteiger partial charge in [-0.1, -0.05) is 23.7 Å². The average molecular weight is 330 g/mol. The molecule has 1 N–H and O–H groups in total. The number of amides is 1. The Morgan fingerprint density at radius 1 is 1.30 bits per heavy atom. The van der Waals surface area contributed by atoms with Crippen LogP contribution >= 0.6 is 11.6 Å². The number of para-hydroxylation sites is 2. The number of aryl methyl sites for hydroxylation is 1. The zero-order chi connectivity index (χ0) is 16.2. The van der Waals surface area contributed by atoms with Gasteiger partial charge < -0.3 is 14.6 Å². The third-order valence-corrected chi connectivity index (χ3v) is 3.84. The maximum Gasteiger partial charge on any atom is 0.226 e. The van der Waals surface area contributed by atoms with Gasteiger partial charge in [-0.3, -0.25) is 4.79 Å². The molecule has 0 aliphatic rings. The Morgan fingerprint density at radius 2 is 2.13 bits per heavy atom. The molecule has 0 spiro atoms. The van der Waals surface area contributed by atoms with Crippen molar-refractivity contribution in [1.82, 2.24) is 9.55 Å². The van der Waals surface area contributed by atoms with Crippen molar-refractivity contribution in [3.63, 3.8) is 0 Å². The van der Waals surface area contributed by atoms with Crippen LogP contribution in [0.3, 0.4) is 0 Å². The Hall–Kier alpha value is -2.53. The van der Waals surface area contributed by atoms with Crippen LogP contribution in [0.25, 0.3) is 11.0 Å². The van der Waals surface area contributed by atoms with E-state index in [4.69, 9.17) is 16.3 Å². The highest BCUT2D eigenvalue weighted by Gasteiger charge is 2.07. The van der Waals surface area contributed by atoms with E-state index >= 15 is 0 Å². The molecule has 2 aromatic carbocycles. The molecule has 5 nitrogen and oxygen atoms in total. The number of carbonyl (C=O) groups excluding carboxylic acids is 1. The Balaban J connectivity index is 1.62. The number of fused-ring (bicyclic) bond motifs is 1. The molecule has 3 aromatic rings. The lowest BCUT2D eigenvalue weighted by atomic mass is 10.2. The molecular formula is C17H16ClN3O2. The number of methoxy groups -OCH3 is 1. The van der Waals surface area contributed by atoms with Gasteiger partial charge in [0.05, 0.1) is 29.5 Å². The highest BCUT2D eigenvalue weighted by molar-refractivity contribution is 6.32. The highest BCUT2D eigenvalue weighted by Crippen LogP contribution is 2.27. The molecule has 0 atom stereocenters. The molecule has 0 fully saturated rings. The van der Waals surface area contributed by atoms with Crippen LogP contribution in [-0.4, -0.2) is 22.6 Å². The van der Waals surface area contributed by atoms with Crippen LogP contribution in [0.5, 0.6) is 5.75 Å². The van der Waals surface area contributed by atoms with Crippen LogP contribution in [0.15, 0.2) is 48.8 Å². The van der Waals surface area contributed by atoms with E-state index in [1.807, 2.05) is 28.8 Å². The predicted octanol–water partition coefficient (Wildman–Crippen LogP) is 3.73. The van der Waals surface area contributed by atoms with E-state index in [9.17, 15) is 4.79 Å². The number of nitrogens with one attached hydrogen (secondary N) is 1. The molecule has 0 aliphatic heterocycles. The van der Waals surface area contributed by atoms with Crippen molar-refractivity contribution in [1.29, 1.82) is 0 Å². The lowest BCUT2D eigenvalue weighted by Crippen LogP contribution is -2.14. The SMILES string of the molecule is COc1ccc(NC(=O)CCn2cnc3ccccc32)cc1Cl. The van der Waals surface area contributed by atoms with Gasteiger partial charge in [0.15, 0.2) is 0 Å². The monoisotopic (exact) mass is 329 g/mol. The minimum absolute atomic E-state index is 0.0796. The first-order chi connectivity index (χ1) is 11.2. The molecule has 118 valence electrons. The van der Waals surface area contributed by atoms with Gasteiger partial charge in [-0.2, -0.15) is 0 Å². The standard InChI is InChI=1S/C17H16ClN3O2/c1-23-16-7-6-12(10-13(16)18)20-17(22)8-9-21-11-19-14-4-2-3-5-15(14)21/h2-7,10-11H,8-9H2,1H3,(H,20,22). The summed E-state index contributed by atoms with van der Waals surface area (Å²) in [5, 5.41) is 3.30. The summed E-state index contributed by atoms with van der Waals surface area (Å²) < 4.78 is 7.06. The lowest BCUT2D eigenvalue weighted by molar-refractivity contribution is -0.116. The third-order valence-electron chi connectivity index (χ3n) is 3.54. The number of benzene rings is 2. The predicted molar refractivity (Wildman–Crippen MR) is 91.0 cm³/mol. The van der Waals surface area contributed by atoms with Crippen LogP contribution in [-0.2, 0) is 11.3 Å². The number of nitrogens with zero attached hydrogens (tertiary/aromatic N) is 2. The van der Waals surface area contributed by atoms with E-state index in [0.717, 1.165) is 11.0 Å². The number of imidazole rings is 1. The summed E-state index contributed by atoms with van der Waals surface area (Å²) in [5.74, 6) is 0.499. The maximum atomic E-state index is 12.1. The zero-order valence-corrected chi connectivity index (χ0v) is 13.4. The van der Waals surface area contributed by atoms with Gasteiger partial charge in [0.1, 0.15) is 5.75 Å². The van der Waals surface area contributed by atoms with E-state index in [1.54, 1.807) is 31.6 Å². The summed E-state index contributed by atoms with van der Waals surface area (Å²) >= 11 is 6.05. The minimum atomic E-state index is -0.0796. The number of rotatable bonds is 5. The Labute approximate surface area is 138 Å². The summed E-state index contributed by atoms with van der Waals surface area (Å²) in [6, 6.07) is 13.0. The summed E-state index contributed by atoms with van der Waals surface area (Å²) in [5.41, 5.74) is 2.60. The summed E-state index contributed by atoms with van der Waals surface area (Å²) in [6.45, 7) is 0.566. The van der Waals surface area contributed by atoms with Crippen molar-refractivity contribution in [2.75, 3.05) is 12.4 Å². The fourth-order valence-corrected chi connectivity index (χ4v) is 2.64. The van der Waals surface area contributed by atoms with E-state index in [0.29, 0.717) is 29.4 Å². The van der Waals surface area contributed by atoms with Crippen LogP contribution in [0.2, 0.25) is 5.02 Å². The van der Waals surface area contributed by atoms with Gasteiger partial charge in [0, 0.05) is 18.7 Å². The van der Waals surface area contributed by atoms with Gasteiger partial charge in [-0.05, 0) is 30.3 Å². The molecule has 0 aliphatic carbocycles. The van der Waals surface area contributed by atoms with Gasteiger partial charge in [0.25, 0.3) is 0 Å². The van der Waals surface area contributed by atoms with Crippen LogP contribution < -0.4 is 10.1 Å². The van der Waals surface area contributed by atoms with Gasteiger partial charge in [-0.25, -0.2) is 4.98 Å². The molecule has 1 amide bonds. The van der Waals surface area contributed by atoms with Gasteiger partial charge in [-0.15, -0.1) is 0 Å². The highest BCUT2D eigenvalue weighted by atomic mass is 35.5. The molecule has 0 bridgehead atoms. The van der Waals surface area contributed by atoms with Crippen LogP contribution in [0, 0.1) is 0 Å². The topological polar surface area (TPSA) is 56.1 Å². The minimum Gasteiger partial charge on any atom is -0.495 e. The summed E-state index contributed by atoms with van der Waals surface area (Å²) in [4.78, 5) is 16.4. The summed E-state index contributed by atoms with van der Waals surface area (Å²) in [6.07, 6.45) is 2.10. The number of hydrogen-bond donors (Lipinski definition) is 1. The second-order valence-electron chi connectivity index (χ2n) is 5.07. The van der Waals surface area contributed by atoms with Crippen molar-refractivity contribution >= 4 is 34.2 Å². The van der Waals surface area contributed by atoms with Crippen LogP contribution in [0.4, 0.5) is 5.69 Å². The fraction of sp³-hybridized carbons (Fsp3) is 0.176. The smallest absolute Gasteiger partial charge is 0.226 e. The Bertz CT molecular complexity index is 845. The molecule has 0 unspecified atom stereocenters. The first kappa shape index (κ1) is 15.4. The fourth-order valence-electron chi connectivity index (χ4n) is 2.38. The molecule has 0 saturated heterocycles. The van der Waals surface area contributed by atoms with Crippen molar-refractivity contribution in [3.05, 3.63) is 53.8 Å². The first-order valence-electron chi connectivity index (χ1n) is 7.20. The van der Waals surface area contributed by atoms with E-state index in [2.05, 4.69) is 10.3 Å². The molecule has 0 saturated carbocycles. The van der Waals surface area contributed by atoms with Crippen molar-refractivity contribution in [3.8, 4) is 5.75 Å². The molecule has 1 heterocycles. The maximum absolute atomic E-state index is 12.1. The summed E-state index contributed by atoms with van der Waals surface area (Å²) in [7, 11) is 1.55. The Kier molecular flexibility index (Phi) is 4.48. The Morgan fingerprint density at radius 3 is 2.91 bits per heavy atom. The van der Waals surface area contributed by atoms with Crippen molar-refractivity contribution < 1.29 is 9.53 Å². The zero-order valence-electron chi connectivity index (χ0n) is 12.6. The molecule has 3 rings (SSSR count). The third kappa shape index (κ3) is 3.46. The number of aromatic nitrogens is 2. The van der Waals surface area contributed by atoms with Crippen molar-refractivity contribution in [2.24, 2.45) is 0 Å². The lowest BCUT2D eigenvalue weighted by Gasteiger charge is -2.08. The quantitative estimate of drug-likeness (QED) is 0.776.